The van der Waals surface area contributed by atoms with Gasteiger partial charge in [-0.15, -0.1) is 0 Å². The van der Waals surface area contributed by atoms with Crippen molar-refractivity contribution in [3.63, 3.8) is 0 Å². The maximum Gasteiger partial charge on any atom is 0.0630 e. The summed E-state index contributed by atoms with van der Waals surface area (Å²) >= 11 is 0. The Morgan fingerprint density at radius 2 is 0.700 bits per heavy atom. The number of rotatable bonds is 4. The summed E-state index contributed by atoms with van der Waals surface area (Å²) in [5, 5.41) is 0. The van der Waals surface area contributed by atoms with Crippen molar-refractivity contribution in [2.24, 2.45) is 9.98 Å². The Hall–Kier alpha value is -3.00. The number of hydrogen-bond donors (Lipinski definition) is 0. The minimum atomic E-state index is 0.933. The fourth-order valence-corrected chi connectivity index (χ4v) is 2.23. The summed E-state index contributed by atoms with van der Waals surface area (Å²) in [6.07, 6.45) is 3.76. The van der Waals surface area contributed by atoms with Crippen molar-refractivity contribution < 1.29 is 0 Å². The molecule has 0 saturated heterocycles. The number of nitrogens with zero attached hydrogens (tertiary/aromatic N) is 2. The third-order valence-corrected chi connectivity index (χ3v) is 3.73. The van der Waals surface area contributed by atoms with Crippen molar-refractivity contribution in [2.75, 3.05) is 0 Å². The molecule has 0 aliphatic heterocycles. The summed E-state index contributed by atoms with van der Waals surface area (Å²) in [4.78, 5) is 8.99. The molecule has 0 unspecified atom stereocenters. The Bertz CT molecular complexity index is 766. The van der Waals surface area contributed by atoms with Crippen molar-refractivity contribution in [2.45, 2.75) is 55.4 Å². The number of aliphatic imine (C=N–C) groups is 2. The topological polar surface area (TPSA) is 24.7 Å². The molecule has 0 amide bonds. The van der Waals surface area contributed by atoms with Crippen molar-refractivity contribution >= 4 is 23.8 Å². The average molecular weight is 403 g/mol. The lowest BCUT2D eigenvalue weighted by Crippen LogP contribution is -1.82. The predicted molar refractivity (Wildman–Crippen MR) is 137 cm³/mol. The van der Waals surface area contributed by atoms with Gasteiger partial charge in [0.15, 0.2) is 0 Å². The second-order valence-electron chi connectivity index (χ2n) is 5.85. The van der Waals surface area contributed by atoms with Gasteiger partial charge in [0.2, 0.25) is 0 Å². The SMILES string of the molecule is CC.CC.CC.Cc1ccc(C=Nc2ccc(C=Nc3ccc(C)cc3)cc2)cc1. The van der Waals surface area contributed by atoms with E-state index < -0.39 is 0 Å². The van der Waals surface area contributed by atoms with E-state index >= 15 is 0 Å². The number of hydrogen-bond acceptors (Lipinski definition) is 2. The molecule has 0 fully saturated rings. The Labute approximate surface area is 184 Å². The Morgan fingerprint density at radius 3 is 1.07 bits per heavy atom. The van der Waals surface area contributed by atoms with Crippen molar-refractivity contribution in [3.8, 4) is 0 Å². The molecule has 160 valence electrons. The maximum atomic E-state index is 4.51. The standard InChI is InChI=1S/C22H20N2.3C2H6/c1-17-3-7-19(8-4-17)15-24-22-13-9-20(10-14-22)16-23-21-11-5-18(2)6-12-21;3*1-2/h3-16H,1-2H3;3*1-2H3. The van der Waals surface area contributed by atoms with Crippen LogP contribution in [0.2, 0.25) is 0 Å². The van der Waals surface area contributed by atoms with Crippen LogP contribution in [0.5, 0.6) is 0 Å². The van der Waals surface area contributed by atoms with Gasteiger partial charge in [-0.2, -0.15) is 0 Å². The van der Waals surface area contributed by atoms with Crippen LogP contribution in [-0.2, 0) is 0 Å². The molecule has 0 saturated carbocycles. The lowest BCUT2D eigenvalue weighted by atomic mass is 10.2. The summed E-state index contributed by atoms with van der Waals surface area (Å²) in [5.74, 6) is 0. The summed E-state index contributed by atoms with van der Waals surface area (Å²) in [6, 6.07) is 24.5. The van der Waals surface area contributed by atoms with Gasteiger partial charge in [0.1, 0.15) is 0 Å². The van der Waals surface area contributed by atoms with Crippen molar-refractivity contribution in [1.29, 1.82) is 0 Å². The van der Waals surface area contributed by atoms with Crippen LogP contribution in [-0.4, -0.2) is 12.4 Å². The van der Waals surface area contributed by atoms with Gasteiger partial charge in [-0.05, 0) is 49.2 Å². The third-order valence-electron chi connectivity index (χ3n) is 3.73. The summed E-state index contributed by atoms with van der Waals surface area (Å²) in [7, 11) is 0. The Kier molecular flexibility index (Phi) is 15.2. The van der Waals surface area contributed by atoms with Gasteiger partial charge in [0.05, 0.1) is 11.4 Å². The van der Waals surface area contributed by atoms with Crippen LogP contribution in [0.25, 0.3) is 0 Å². The molecule has 0 aromatic heterocycles. The van der Waals surface area contributed by atoms with E-state index in [1.807, 2.05) is 90.4 Å². The van der Waals surface area contributed by atoms with Gasteiger partial charge in [0.25, 0.3) is 0 Å². The van der Waals surface area contributed by atoms with Crippen LogP contribution in [0.1, 0.15) is 63.8 Å². The second-order valence-corrected chi connectivity index (χ2v) is 5.85. The van der Waals surface area contributed by atoms with Crippen LogP contribution < -0.4 is 0 Å². The van der Waals surface area contributed by atoms with Crippen LogP contribution in [0, 0.1) is 13.8 Å². The third kappa shape index (κ3) is 10.5. The normalized spacial score (nSPS) is 9.73. The van der Waals surface area contributed by atoms with Crippen molar-refractivity contribution in [3.05, 3.63) is 95.1 Å². The van der Waals surface area contributed by atoms with E-state index in [9.17, 15) is 0 Å². The Morgan fingerprint density at radius 1 is 0.433 bits per heavy atom. The quantitative estimate of drug-likeness (QED) is 0.389. The molecule has 3 aromatic carbocycles. The summed E-state index contributed by atoms with van der Waals surface area (Å²) in [5.41, 5.74) is 6.55. The molecule has 2 nitrogen and oxygen atoms in total. The first-order chi connectivity index (χ1) is 14.7. The number of aryl methyl sites for hydroxylation is 2. The van der Waals surface area contributed by atoms with Gasteiger partial charge in [-0.25, -0.2) is 0 Å². The van der Waals surface area contributed by atoms with E-state index in [0.717, 1.165) is 22.5 Å². The minimum absolute atomic E-state index is 0.933. The molecule has 0 spiro atoms. The first kappa shape index (κ1) is 27.0. The molecule has 0 aliphatic carbocycles. The molecule has 0 heterocycles. The molecule has 0 radical (unpaired) electrons. The molecule has 0 bridgehead atoms. The highest BCUT2D eigenvalue weighted by Crippen LogP contribution is 2.15. The van der Waals surface area contributed by atoms with Gasteiger partial charge in [-0.1, -0.05) is 101 Å². The molecule has 0 N–H and O–H groups in total. The first-order valence-corrected chi connectivity index (χ1v) is 11.0. The van der Waals surface area contributed by atoms with Gasteiger partial charge in [0, 0.05) is 12.4 Å². The predicted octanol–water partition coefficient (Wildman–Crippen LogP) is 8.88. The van der Waals surface area contributed by atoms with E-state index in [0.29, 0.717) is 0 Å². The molecule has 30 heavy (non-hydrogen) atoms. The average Bonchev–Trinajstić information content (AvgIpc) is 2.83. The first-order valence-electron chi connectivity index (χ1n) is 11.0. The molecule has 0 atom stereocenters. The lowest BCUT2D eigenvalue weighted by Gasteiger charge is -1.98. The van der Waals surface area contributed by atoms with Gasteiger partial charge >= 0.3 is 0 Å². The van der Waals surface area contributed by atoms with Crippen LogP contribution in [0.15, 0.2) is 82.8 Å². The van der Waals surface area contributed by atoms with E-state index in [1.54, 1.807) is 0 Å². The fourth-order valence-electron chi connectivity index (χ4n) is 2.23. The highest BCUT2D eigenvalue weighted by Gasteiger charge is 1.92. The smallest absolute Gasteiger partial charge is 0.0630 e. The minimum Gasteiger partial charge on any atom is -0.256 e. The van der Waals surface area contributed by atoms with Gasteiger partial charge in [-0.3, -0.25) is 9.98 Å². The molecular weight excluding hydrogens is 364 g/mol. The number of benzene rings is 3. The summed E-state index contributed by atoms with van der Waals surface area (Å²) in [6.45, 7) is 16.2. The highest BCUT2D eigenvalue weighted by atomic mass is 14.7. The molecule has 3 aromatic rings. The molecule has 3 rings (SSSR count). The van der Waals surface area contributed by atoms with Gasteiger partial charge < -0.3 is 0 Å². The Balaban J connectivity index is 0.00000129. The molecule has 0 aliphatic rings. The highest BCUT2D eigenvalue weighted by molar-refractivity contribution is 5.84. The fraction of sp³-hybridized carbons (Fsp3) is 0.286. The zero-order valence-electron chi connectivity index (χ0n) is 20.0. The molecular formula is C28H38N2. The second kappa shape index (κ2) is 16.9. The zero-order chi connectivity index (χ0) is 22.8. The van der Waals surface area contributed by atoms with E-state index in [-0.39, 0.29) is 0 Å². The monoisotopic (exact) mass is 402 g/mol. The summed E-state index contributed by atoms with van der Waals surface area (Å²) < 4.78 is 0. The molecule has 2 heteroatoms. The van der Waals surface area contributed by atoms with E-state index in [4.69, 9.17) is 0 Å². The lowest BCUT2D eigenvalue weighted by molar-refractivity contribution is 1.44. The van der Waals surface area contributed by atoms with E-state index in [1.165, 1.54) is 11.1 Å². The largest absolute Gasteiger partial charge is 0.256 e. The van der Waals surface area contributed by atoms with Crippen LogP contribution >= 0.6 is 0 Å². The maximum absolute atomic E-state index is 4.51. The van der Waals surface area contributed by atoms with Crippen molar-refractivity contribution in [1.82, 2.24) is 0 Å². The zero-order valence-corrected chi connectivity index (χ0v) is 20.0. The van der Waals surface area contributed by atoms with E-state index in [2.05, 4.69) is 60.2 Å². The van der Waals surface area contributed by atoms with Crippen LogP contribution in [0.3, 0.4) is 0 Å². The van der Waals surface area contributed by atoms with Crippen LogP contribution in [0.4, 0.5) is 11.4 Å².